The first-order valence-corrected chi connectivity index (χ1v) is 5.45. The molecule has 0 heterocycles. The van der Waals surface area contributed by atoms with Gasteiger partial charge < -0.3 is 4.74 Å². The lowest BCUT2D eigenvalue weighted by Gasteiger charge is -2.08. The van der Waals surface area contributed by atoms with Gasteiger partial charge in [-0.25, -0.2) is 0 Å². The number of hydrogen-bond donors (Lipinski definition) is 0. The van der Waals surface area contributed by atoms with Crippen LogP contribution in [0.15, 0.2) is 42.5 Å². The van der Waals surface area contributed by atoms with Crippen molar-refractivity contribution in [1.82, 2.24) is 0 Å². The third kappa shape index (κ3) is 2.63. The van der Waals surface area contributed by atoms with Gasteiger partial charge in [0.1, 0.15) is 12.4 Å². The summed E-state index contributed by atoms with van der Waals surface area (Å²) in [7, 11) is 0. The molecule has 2 heteroatoms. The molecular weight excluding hydrogens is 208 g/mol. The molecule has 0 unspecified atom stereocenters. The minimum Gasteiger partial charge on any atom is -0.492 e. The Morgan fingerprint density at radius 1 is 1.13 bits per heavy atom. The molecule has 0 amide bonds. The van der Waals surface area contributed by atoms with Gasteiger partial charge in [-0.05, 0) is 29.8 Å². The standard InChI is InChI=1S/C13H13ClO/c1-10(14)9-15-13-7-6-11-4-2-3-5-12(11)8-13/h2-8,10H,9H2,1H3/t10-/m1/s1. The lowest BCUT2D eigenvalue weighted by molar-refractivity contribution is 0.321. The van der Waals surface area contributed by atoms with Crippen LogP contribution in [0.2, 0.25) is 0 Å². The molecule has 15 heavy (non-hydrogen) atoms. The molecule has 1 atom stereocenters. The van der Waals surface area contributed by atoms with E-state index in [4.69, 9.17) is 16.3 Å². The number of halogens is 1. The Labute approximate surface area is 94.6 Å². The molecule has 0 aliphatic rings. The zero-order valence-electron chi connectivity index (χ0n) is 8.61. The van der Waals surface area contributed by atoms with E-state index >= 15 is 0 Å². The van der Waals surface area contributed by atoms with Crippen LogP contribution in [-0.4, -0.2) is 12.0 Å². The molecular formula is C13H13ClO. The van der Waals surface area contributed by atoms with E-state index in [9.17, 15) is 0 Å². The third-order valence-corrected chi connectivity index (χ3v) is 2.33. The first-order chi connectivity index (χ1) is 7.25. The first kappa shape index (κ1) is 10.3. The highest BCUT2D eigenvalue weighted by atomic mass is 35.5. The summed E-state index contributed by atoms with van der Waals surface area (Å²) in [6.07, 6.45) is 0. The molecule has 0 fully saturated rings. The Kier molecular flexibility index (Phi) is 3.12. The van der Waals surface area contributed by atoms with E-state index in [0.29, 0.717) is 6.61 Å². The maximum Gasteiger partial charge on any atom is 0.120 e. The topological polar surface area (TPSA) is 9.23 Å². The molecule has 2 aromatic carbocycles. The highest BCUT2D eigenvalue weighted by Gasteiger charge is 1.99. The van der Waals surface area contributed by atoms with Crippen LogP contribution in [-0.2, 0) is 0 Å². The summed E-state index contributed by atoms with van der Waals surface area (Å²) in [4.78, 5) is 0. The number of rotatable bonds is 3. The predicted octanol–water partition coefficient (Wildman–Crippen LogP) is 3.85. The normalized spacial score (nSPS) is 12.7. The van der Waals surface area contributed by atoms with E-state index in [-0.39, 0.29) is 5.38 Å². The maximum atomic E-state index is 5.82. The summed E-state index contributed by atoms with van der Waals surface area (Å²) in [6, 6.07) is 14.3. The van der Waals surface area contributed by atoms with Gasteiger partial charge in [-0.15, -0.1) is 11.6 Å². The highest BCUT2D eigenvalue weighted by Crippen LogP contribution is 2.20. The van der Waals surface area contributed by atoms with Crippen LogP contribution in [0.1, 0.15) is 6.92 Å². The van der Waals surface area contributed by atoms with Crippen molar-refractivity contribution >= 4 is 22.4 Å². The average molecular weight is 221 g/mol. The Hall–Kier alpha value is -1.21. The molecule has 1 nitrogen and oxygen atoms in total. The zero-order valence-corrected chi connectivity index (χ0v) is 9.37. The lowest BCUT2D eigenvalue weighted by atomic mass is 10.1. The van der Waals surface area contributed by atoms with Crippen molar-refractivity contribution in [3.05, 3.63) is 42.5 Å². The van der Waals surface area contributed by atoms with Crippen LogP contribution in [0.4, 0.5) is 0 Å². The largest absolute Gasteiger partial charge is 0.492 e. The maximum absolute atomic E-state index is 5.82. The van der Waals surface area contributed by atoms with Gasteiger partial charge >= 0.3 is 0 Å². The van der Waals surface area contributed by atoms with Crippen molar-refractivity contribution in [2.24, 2.45) is 0 Å². The summed E-state index contributed by atoms with van der Waals surface area (Å²) in [5.41, 5.74) is 0. The van der Waals surface area contributed by atoms with Crippen molar-refractivity contribution in [3.8, 4) is 5.75 Å². The number of alkyl halides is 1. The number of benzene rings is 2. The average Bonchev–Trinajstić information content (AvgIpc) is 2.26. The molecule has 0 bridgehead atoms. The predicted molar refractivity (Wildman–Crippen MR) is 64.8 cm³/mol. The SMILES string of the molecule is C[C@@H](Cl)COc1ccc2ccccc2c1. The molecule has 0 aliphatic carbocycles. The molecule has 78 valence electrons. The number of fused-ring (bicyclic) bond motifs is 1. The van der Waals surface area contributed by atoms with Crippen molar-refractivity contribution in [2.75, 3.05) is 6.61 Å². The first-order valence-electron chi connectivity index (χ1n) is 5.01. The van der Waals surface area contributed by atoms with Crippen LogP contribution in [0.5, 0.6) is 5.75 Å². The molecule has 0 spiro atoms. The second kappa shape index (κ2) is 4.54. The second-order valence-corrected chi connectivity index (χ2v) is 4.35. The molecule has 0 N–H and O–H groups in total. The van der Waals surface area contributed by atoms with E-state index < -0.39 is 0 Å². The summed E-state index contributed by atoms with van der Waals surface area (Å²) < 4.78 is 5.54. The Balaban J connectivity index is 2.23. The van der Waals surface area contributed by atoms with Gasteiger partial charge in [-0.2, -0.15) is 0 Å². The number of hydrogen-bond acceptors (Lipinski definition) is 1. The lowest BCUT2D eigenvalue weighted by Crippen LogP contribution is -2.06. The smallest absolute Gasteiger partial charge is 0.120 e. The third-order valence-electron chi connectivity index (χ3n) is 2.20. The van der Waals surface area contributed by atoms with Crippen LogP contribution < -0.4 is 4.74 Å². The van der Waals surface area contributed by atoms with E-state index in [1.54, 1.807) is 0 Å². The van der Waals surface area contributed by atoms with Gasteiger partial charge in [0.2, 0.25) is 0 Å². The summed E-state index contributed by atoms with van der Waals surface area (Å²) in [6.45, 7) is 2.46. The quantitative estimate of drug-likeness (QED) is 0.714. The minimum absolute atomic E-state index is 0.0384. The van der Waals surface area contributed by atoms with Gasteiger partial charge in [0.15, 0.2) is 0 Å². The van der Waals surface area contributed by atoms with E-state index in [0.717, 1.165) is 5.75 Å². The van der Waals surface area contributed by atoms with Crippen LogP contribution >= 0.6 is 11.6 Å². The van der Waals surface area contributed by atoms with E-state index in [1.165, 1.54) is 10.8 Å². The zero-order chi connectivity index (χ0) is 10.7. The highest BCUT2D eigenvalue weighted by molar-refractivity contribution is 6.20. The summed E-state index contributed by atoms with van der Waals surface area (Å²) >= 11 is 5.82. The monoisotopic (exact) mass is 220 g/mol. The van der Waals surface area contributed by atoms with Gasteiger partial charge in [0.05, 0.1) is 5.38 Å². The van der Waals surface area contributed by atoms with E-state index in [2.05, 4.69) is 18.2 Å². The molecule has 0 saturated carbocycles. The fourth-order valence-corrected chi connectivity index (χ4v) is 1.53. The van der Waals surface area contributed by atoms with Crippen LogP contribution in [0, 0.1) is 0 Å². The summed E-state index contributed by atoms with van der Waals surface area (Å²) in [5.74, 6) is 0.876. The van der Waals surface area contributed by atoms with Gasteiger partial charge in [0.25, 0.3) is 0 Å². The molecule has 0 saturated heterocycles. The van der Waals surface area contributed by atoms with Gasteiger partial charge in [0, 0.05) is 0 Å². The molecule has 2 aromatic rings. The van der Waals surface area contributed by atoms with Crippen molar-refractivity contribution < 1.29 is 4.74 Å². The Bertz CT molecular complexity index is 451. The Morgan fingerprint density at radius 3 is 2.60 bits per heavy atom. The Morgan fingerprint density at radius 2 is 1.87 bits per heavy atom. The van der Waals surface area contributed by atoms with E-state index in [1.807, 2.05) is 31.2 Å². The van der Waals surface area contributed by atoms with Crippen molar-refractivity contribution in [1.29, 1.82) is 0 Å². The second-order valence-electron chi connectivity index (χ2n) is 3.60. The summed E-state index contributed by atoms with van der Waals surface area (Å²) in [5, 5.41) is 2.46. The van der Waals surface area contributed by atoms with Crippen LogP contribution in [0.3, 0.4) is 0 Å². The molecule has 0 radical (unpaired) electrons. The van der Waals surface area contributed by atoms with Gasteiger partial charge in [-0.3, -0.25) is 0 Å². The van der Waals surface area contributed by atoms with Crippen molar-refractivity contribution in [2.45, 2.75) is 12.3 Å². The van der Waals surface area contributed by atoms with Crippen molar-refractivity contribution in [3.63, 3.8) is 0 Å². The molecule has 0 aromatic heterocycles. The molecule has 2 rings (SSSR count). The van der Waals surface area contributed by atoms with Gasteiger partial charge in [-0.1, -0.05) is 30.3 Å². The fraction of sp³-hybridized carbons (Fsp3) is 0.231. The fourth-order valence-electron chi connectivity index (χ4n) is 1.47. The number of ether oxygens (including phenoxy) is 1. The van der Waals surface area contributed by atoms with Crippen LogP contribution in [0.25, 0.3) is 10.8 Å². The molecule has 0 aliphatic heterocycles. The minimum atomic E-state index is 0.0384.